The Kier molecular flexibility index (Phi) is 2.67. The van der Waals surface area contributed by atoms with Crippen molar-refractivity contribution in [2.45, 2.75) is 6.10 Å². The van der Waals surface area contributed by atoms with Crippen LogP contribution in [-0.2, 0) is 4.74 Å². The lowest BCUT2D eigenvalue weighted by Gasteiger charge is -2.37. The highest BCUT2D eigenvalue weighted by atomic mass is 16.5. The van der Waals surface area contributed by atoms with Crippen molar-refractivity contribution in [2.24, 2.45) is 11.5 Å². The van der Waals surface area contributed by atoms with Crippen molar-refractivity contribution in [3.05, 3.63) is 0 Å². The molecule has 1 rings (SSSR count). The summed E-state index contributed by atoms with van der Waals surface area (Å²) in [7, 11) is 0. The highest BCUT2D eigenvalue weighted by Gasteiger charge is 2.29. The molecule has 0 aromatic rings. The van der Waals surface area contributed by atoms with Crippen LogP contribution >= 0.6 is 0 Å². The number of carbonyl (C=O) groups is 1. The number of amides is 2. The zero-order chi connectivity index (χ0) is 8.27. The molecule has 0 radical (unpaired) electrons. The van der Waals surface area contributed by atoms with Gasteiger partial charge in [-0.25, -0.2) is 4.79 Å². The van der Waals surface area contributed by atoms with Crippen LogP contribution in [0.5, 0.6) is 0 Å². The van der Waals surface area contributed by atoms with Crippen molar-refractivity contribution < 1.29 is 9.53 Å². The van der Waals surface area contributed by atoms with Crippen LogP contribution in [0.15, 0.2) is 0 Å². The van der Waals surface area contributed by atoms with Crippen LogP contribution in [0, 0.1) is 0 Å². The molecule has 0 saturated carbocycles. The molecule has 1 aliphatic rings. The first-order chi connectivity index (χ1) is 5.24. The Morgan fingerprint density at radius 1 is 1.64 bits per heavy atom. The molecule has 5 nitrogen and oxygen atoms in total. The van der Waals surface area contributed by atoms with Gasteiger partial charge in [-0.1, -0.05) is 0 Å². The SMILES string of the molecule is NCCOC1CN(C(N)=O)C1. The summed E-state index contributed by atoms with van der Waals surface area (Å²) in [6.45, 7) is 2.29. The molecule has 0 unspecified atom stereocenters. The van der Waals surface area contributed by atoms with Gasteiger partial charge in [0.1, 0.15) is 0 Å². The van der Waals surface area contributed by atoms with Crippen molar-refractivity contribution >= 4 is 6.03 Å². The van der Waals surface area contributed by atoms with Gasteiger partial charge in [-0.2, -0.15) is 0 Å². The lowest BCUT2D eigenvalue weighted by atomic mass is 10.2. The first-order valence-electron chi connectivity index (χ1n) is 3.60. The van der Waals surface area contributed by atoms with Gasteiger partial charge in [0.15, 0.2) is 0 Å². The Labute approximate surface area is 65.3 Å². The molecule has 0 aromatic carbocycles. The number of ether oxygens (including phenoxy) is 1. The quantitative estimate of drug-likeness (QED) is 0.538. The number of nitrogens with zero attached hydrogens (tertiary/aromatic N) is 1. The average molecular weight is 159 g/mol. The molecule has 5 heteroatoms. The fourth-order valence-corrected chi connectivity index (χ4v) is 0.958. The normalized spacial score (nSPS) is 18.1. The van der Waals surface area contributed by atoms with E-state index < -0.39 is 0 Å². The van der Waals surface area contributed by atoms with Crippen molar-refractivity contribution in [1.29, 1.82) is 0 Å². The van der Waals surface area contributed by atoms with E-state index in [0.29, 0.717) is 26.2 Å². The van der Waals surface area contributed by atoms with Gasteiger partial charge < -0.3 is 21.1 Å². The third-order valence-corrected chi connectivity index (χ3v) is 1.63. The summed E-state index contributed by atoms with van der Waals surface area (Å²) in [4.78, 5) is 12.0. The van der Waals surface area contributed by atoms with E-state index in [4.69, 9.17) is 16.2 Å². The molecule has 0 bridgehead atoms. The summed E-state index contributed by atoms with van der Waals surface area (Å²) in [6.07, 6.45) is 0.144. The molecule has 64 valence electrons. The Hall–Kier alpha value is -0.810. The third kappa shape index (κ3) is 2.06. The largest absolute Gasteiger partial charge is 0.373 e. The zero-order valence-corrected chi connectivity index (χ0v) is 6.32. The minimum atomic E-state index is -0.377. The topological polar surface area (TPSA) is 81.6 Å². The first-order valence-corrected chi connectivity index (χ1v) is 3.60. The molecule has 1 aliphatic heterocycles. The minimum Gasteiger partial charge on any atom is -0.373 e. The molecule has 1 saturated heterocycles. The lowest BCUT2D eigenvalue weighted by Crippen LogP contribution is -2.56. The van der Waals surface area contributed by atoms with E-state index in [1.807, 2.05) is 0 Å². The first kappa shape index (κ1) is 8.29. The van der Waals surface area contributed by atoms with Crippen molar-refractivity contribution in [1.82, 2.24) is 4.90 Å². The number of rotatable bonds is 3. The van der Waals surface area contributed by atoms with Crippen LogP contribution < -0.4 is 11.5 Å². The maximum atomic E-state index is 10.5. The maximum absolute atomic E-state index is 10.5. The van der Waals surface area contributed by atoms with Gasteiger partial charge in [0.2, 0.25) is 0 Å². The number of carbonyl (C=O) groups excluding carboxylic acids is 1. The fraction of sp³-hybridized carbons (Fsp3) is 0.833. The summed E-state index contributed by atoms with van der Waals surface area (Å²) in [5.74, 6) is 0. The van der Waals surface area contributed by atoms with Crippen LogP contribution in [0.2, 0.25) is 0 Å². The summed E-state index contributed by atoms with van der Waals surface area (Å²) >= 11 is 0. The van der Waals surface area contributed by atoms with E-state index in [-0.39, 0.29) is 12.1 Å². The van der Waals surface area contributed by atoms with Gasteiger partial charge in [-0.05, 0) is 0 Å². The molecule has 2 amide bonds. The molecular weight excluding hydrogens is 146 g/mol. The van der Waals surface area contributed by atoms with Crippen LogP contribution in [0.1, 0.15) is 0 Å². The van der Waals surface area contributed by atoms with Gasteiger partial charge >= 0.3 is 6.03 Å². The Morgan fingerprint density at radius 2 is 2.27 bits per heavy atom. The predicted molar refractivity (Wildman–Crippen MR) is 40.0 cm³/mol. The Balaban J connectivity index is 2.05. The van der Waals surface area contributed by atoms with E-state index in [1.165, 1.54) is 4.90 Å². The monoisotopic (exact) mass is 159 g/mol. The van der Waals surface area contributed by atoms with Crippen LogP contribution in [0.3, 0.4) is 0 Å². The highest BCUT2D eigenvalue weighted by Crippen LogP contribution is 2.09. The average Bonchev–Trinajstić information content (AvgIpc) is 1.84. The molecule has 4 N–H and O–H groups in total. The van der Waals surface area contributed by atoms with E-state index in [9.17, 15) is 4.79 Å². The molecule has 0 aromatic heterocycles. The van der Waals surface area contributed by atoms with Gasteiger partial charge in [0.25, 0.3) is 0 Å². The predicted octanol–water partition coefficient (Wildman–Crippen LogP) is -1.28. The van der Waals surface area contributed by atoms with Crippen LogP contribution in [-0.4, -0.2) is 43.3 Å². The summed E-state index contributed by atoms with van der Waals surface area (Å²) in [5, 5.41) is 0. The van der Waals surface area contributed by atoms with Crippen molar-refractivity contribution in [2.75, 3.05) is 26.2 Å². The molecule has 0 atom stereocenters. The third-order valence-electron chi connectivity index (χ3n) is 1.63. The second-order valence-corrected chi connectivity index (χ2v) is 2.52. The van der Waals surface area contributed by atoms with E-state index in [2.05, 4.69) is 0 Å². The smallest absolute Gasteiger partial charge is 0.314 e. The number of primary amides is 1. The van der Waals surface area contributed by atoms with Gasteiger partial charge in [0.05, 0.1) is 25.8 Å². The second kappa shape index (κ2) is 3.54. The Bertz CT molecular complexity index is 145. The highest BCUT2D eigenvalue weighted by molar-refractivity contribution is 5.73. The van der Waals surface area contributed by atoms with E-state index in [1.54, 1.807) is 0 Å². The van der Waals surface area contributed by atoms with Crippen LogP contribution in [0.4, 0.5) is 4.79 Å². The number of hydrogen-bond acceptors (Lipinski definition) is 3. The minimum absolute atomic E-state index is 0.144. The maximum Gasteiger partial charge on any atom is 0.314 e. The van der Waals surface area contributed by atoms with Crippen LogP contribution in [0.25, 0.3) is 0 Å². The van der Waals surface area contributed by atoms with E-state index >= 15 is 0 Å². The van der Waals surface area contributed by atoms with Gasteiger partial charge in [-0.15, -0.1) is 0 Å². The molecule has 0 spiro atoms. The van der Waals surface area contributed by atoms with Gasteiger partial charge in [0, 0.05) is 6.54 Å². The fourth-order valence-electron chi connectivity index (χ4n) is 0.958. The number of hydrogen-bond donors (Lipinski definition) is 2. The van der Waals surface area contributed by atoms with Crippen molar-refractivity contribution in [3.8, 4) is 0 Å². The number of urea groups is 1. The van der Waals surface area contributed by atoms with Crippen molar-refractivity contribution in [3.63, 3.8) is 0 Å². The second-order valence-electron chi connectivity index (χ2n) is 2.52. The lowest BCUT2D eigenvalue weighted by molar-refractivity contribution is -0.0305. The molecule has 11 heavy (non-hydrogen) atoms. The van der Waals surface area contributed by atoms with Gasteiger partial charge in [-0.3, -0.25) is 0 Å². The summed E-state index contributed by atoms with van der Waals surface area (Å²) in [5.41, 5.74) is 10.2. The number of nitrogens with two attached hydrogens (primary N) is 2. The molecule has 1 fully saturated rings. The summed E-state index contributed by atoms with van der Waals surface area (Å²) in [6, 6.07) is -0.377. The Morgan fingerprint density at radius 3 is 2.73 bits per heavy atom. The molecule has 1 heterocycles. The van der Waals surface area contributed by atoms with E-state index in [0.717, 1.165) is 0 Å². The molecular formula is C6H13N3O2. The zero-order valence-electron chi connectivity index (χ0n) is 6.32. The summed E-state index contributed by atoms with van der Waals surface area (Å²) < 4.78 is 5.23. The molecule has 0 aliphatic carbocycles. The number of likely N-dealkylation sites (tertiary alicyclic amines) is 1. The standard InChI is InChI=1S/C6H13N3O2/c7-1-2-11-5-3-9(4-5)6(8)10/h5H,1-4,7H2,(H2,8,10).